The second kappa shape index (κ2) is 8.26. The molecule has 1 heterocycles. The molecule has 184 valence electrons. The average molecular weight is 463 g/mol. The Hall–Kier alpha value is -2.07. The van der Waals surface area contributed by atoms with Gasteiger partial charge in [0.15, 0.2) is 0 Å². The fraction of sp³-hybridized carbons (Fsp3) is 0.633. The summed E-state index contributed by atoms with van der Waals surface area (Å²) >= 11 is 0. The summed E-state index contributed by atoms with van der Waals surface area (Å²) in [5.41, 5.74) is 6.14. The van der Waals surface area contributed by atoms with E-state index >= 15 is 0 Å². The van der Waals surface area contributed by atoms with Crippen LogP contribution < -0.4 is 5.32 Å². The molecule has 4 heteroatoms. The Labute approximate surface area is 205 Å². The fourth-order valence-corrected chi connectivity index (χ4v) is 5.91. The summed E-state index contributed by atoms with van der Waals surface area (Å²) in [6.45, 7) is 8.47. The van der Waals surface area contributed by atoms with E-state index in [1.54, 1.807) is 0 Å². The zero-order chi connectivity index (χ0) is 24.3. The van der Waals surface area contributed by atoms with Gasteiger partial charge in [0.2, 0.25) is 0 Å². The predicted octanol–water partition coefficient (Wildman–Crippen LogP) is 6.38. The van der Waals surface area contributed by atoms with E-state index < -0.39 is 5.60 Å². The van der Waals surface area contributed by atoms with Gasteiger partial charge in [-0.3, -0.25) is 4.79 Å². The molecule has 1 aromatic carbocycles. The van der Waals surface area contributed by atoms with Gasteiger partial charge in [-0.15, -0.1) is 0 Å². The Bertz CT molecular complexity index is 1070. The van der Waals surface area contributed by atoms with Gasteiger partial charge in [-0.2, -0.15) is 0 Å². The first-order chi connectivity index (χ1) is 16.0. The molecule has 2 N–H and O–H groups in total. The van der Waals surface area contributed by atoms with Crippen LogP contribution in [-0.2, 0) is 24.5 Å². The molecule has 0 bridgehead atoms. The Morgan fingerprint density at radius 2 is 1.74 bits per heavy atom. The number of hydrogen-bond donors (Lipinski definition) is 2. The first-order valence-electron chi connectivity index (χ1n) is 13.4. The molecule has 2 aromatic rings. The van der Waals surface area contributed by atoms with Gasteiger partial charge in [0, 0.05) is 24.3 Å². The van der Waals surface area contributed by atoms with Crippen LogP contribution in [0, 0.1) is 5.41 Å². The number of amides is 1. The first kappa shape index (κ1) is 23.7. The molecule has 1 amide bonds. The molecular formula is C30H42N2O2. The number of hydrogen-bond acceptors (Lipinski definition) is 2. The average Bonchev–Trinajstić information content (AvgIpc) is 3.22. The van der Waals surface area contributed by atoms with Crippen molar-refractivity contribution in [3.05, 3.63) is 46.8 Å². The van der Waals surface area contributed by atoms with Crippen molar-refractivity contribution < 1.29 is 9.90 Å². The SMILES string of the molecule is Cn1c(C(=O)NC2CCC2)cc(-c2cc(C(C)(C)O)cc(C3(C)CC3)c2)c1CC1(C)CCCC1. The Balaban J connectivity index is 1.62. The van der Waals surface area contributed by atoms with Gasteiger partial charge in [0.05, 0.1) is 5.60 Å². The molecule has 0 atom stereocenters. The predicted molar refractivity (Wildman–Crippen MR) is 138 cm³/mol. The molecule has 0 unspecified atom stereocenters. The molecule has 0 spiro atoms. The standard InChI is InChI=1S/C30H42N2O2/c1-28(2,34)21-15-20(16-22(17-21)30(4)13-14-30)24-18-25(27(33)31-23-9-8-10-23)32(5)26(24)19-29(3)11-6-7-12-29/h15-18,23,34H,6-14,19H2,1-5H3,(H,31,33). The van der Waals surface area contributed by atoms with Gasteiger partial charge in [-0.25, -0.2) is 0 Å². The lowest BCUT2D eigenvalue weighted by molar-refractivity contribution is 0.0785. The van der Waals surface area contributed by atoms with Crippen LogP contribution in [-0.4, -0.2) is 21.6 Å². The van der Waals surface area contributed by atoms with Gasteiger partial charge in [-0.1, -0.05) is 38.8 Å². The minimum atomic E-state index is -0.910. The summed E-state index contributed by atoms with van der Waals surface area (Å²) in [4.78, 5) is 13.3. The summed E-state index contributed by atoms with van der Waals surface area (Å²) in [5.74, 6) is 0.0456. The summed E-state index contributed by atoms with van der Waals surface area (Å²) in [7, 11) is 2.07. The first-order valence-corrected chi connectivity index (χ1v) is 13.4. The molecule has 3 fully saturated rings. The van der Waals surface area contributed by atoms with Crippen molar-refractivity contribution in [2.75, 3.05) is 0 Å². The number of carbonyl (C=O) groups is 1. The zero-order valence-electron chi connectivity index (χ0n) is 21.8. The Morgan fingerprint density at radius 3 is 2.29 bits per heavy atom. The fourth-order valence-electron chi connectivity index (χ4n) is 5.91. The monoisotopic (exact) mass is 462 g/mol. The molecule has 3 saturated carbocycles. The van der Waals surface area contributed by atoms with Crippen LogP contribution in [0.4, 0.5) is 0 Å². The van der Waals surface area contributed by atoms with Crippen LogP contribution in [0.2, 0.25) is 0 Å². The zero-order valence-corrected chi connectivity index (χ0v) is 21.8. The van der Waals surface area contributed by atoms with Gasteiger partial charge in [0.1, 0.15) is 5.69 Å². The maximum Gasteiger partial charge on any atom is 0.268 e. The number of aromatic nitrogens is 1. The van der Waals surface area contributed by atoms with E-state index in [9.17, 15) is 9.90 Å². The van der Waals surface area contributed by atoms with E-state index in [0.29, 0.717) is 6.04 Å². The van der Waals surface area contributed by atoms with Crippen LogP contribution >= 0.6 is 0 Å². The molecule has 0 aliphatic heterocycles. The lowest BCUT2D eigenvalue weighted by atomic mass is 9.81. The second-order valence-electron chi connectivity index (χ2n) is 12.7. The molecule has 3 aliphatic rings. The maximum absolute atomic E-state index is 13.3. The highest BCUT2D eigenvalue weighted by Crippen LogP contribution is 2.50. The topological polar surface area (TPSA) is 54.3 Å². The van der Waals surface area contributed by atoms with Gasteiger partial charge < -0.3 is 15.0 Å². The molecule has 0 radical (unpaired) electrons. The van der Waals surface area contributed by atoms with Crippen LogP contribution in [0.15, 0.2) is 24.3 Å². The van der Waals surface area contributed by atoms with Gasteiger partial charge in [0.25, 0.3) is 5.91 Å². The molecule has 34 heavy (non-hydrogen) atoms. The highest BCUT2D eigenvalue weighted by Gasteiger charge is 2.40. The number of benzene rings is 1. The summed E-state index contributed by atoms with van der Waals surface area (Å²) < 4.78 is 2.15. The van der Waals surface area contributed by atoms with E-state index in [-0.39, 0.29) is 16.7 Å². The van der Waals surface area contributed by atoms with Crippen molar-refractivity contribution in [1.29, 1.82) is 0 Å². The lowest BCUT2D eigenvalue weighted by Crippen LogP contribution is -2.40. The number of nitrogens with zero attached hydrogens (tertiary/aromatic N) is 1. The van der Waals surface area contributed by atoms with Crippen LogP contribution in [0.25, 0.3) is 11.1 Å². The van der Waals surface area contributed by atoms with Crippen molar-refractivity contribution in [2.24, 2.45) is 12.5 Å². The van der Waals surface area contributed by atoms with Crippen molar-refractivity contribution in [3.8, 4) is 11.1 Å². The molecule has 0 saturated heterocycles. The van der Waals surface area contributed by atoms with E-state index in [4.69, 9.17) is 0 Å². The highest BCUT2D eigenvalue weighted by atomic mass is 16.3. The van der Waals surface area contributed by atoms with Crippen LogP contribution in [0.1, 0.15) is 113 Å². The minimum Gasteiger partial charge on any atom is -0.386 e. The summed E-state index contributed by atoms with van der Waals surface area (Å²) in [5, 5.41) is 14.2. The quantitative estimate of drug-likeness (QED) is 0.502. The maximum atomic E-state index is 13.3. The van der Waals surface area contributed by atoms with E-state index in [0.717, 1.165) is 41.6 Å². The van der Waals surface area contributed by atoms with Crippen molar-refractivity contribution in [2.45, 2.75) is 109 Å². The van der Waals surface area contributed by atoms with Crippen molar-refractivity contribution in [3.63, 3.8) is 0 Å². The highest BCUT2D eigenvalue weighted by molar-refractivity contribution is 5.95. The van der Waals surface area contributed by atoms with Crippen LogP contribution in [0.3, 0.4) is 0 Å². The number of aliphatic hydroxyl groups is 1. The molecule has 1 aromatic heterocycles. The van der Waals surface area contributed by atoms with E-state index in [1.807, 2.05) is 13.8 Å². The molecule has 4 nitrogen and oxygen atoms in total. The summed E-state index contributed by atoms with van der Waals surface area (Å²) in [6, 6.07) is 9.11. The van der Waals surface area contributed by atoms with E-state index in [1.165, 1.54) is 56.2 Å². The normalized spacial score (nSPS) is 21.4. The van der Waals surface area contributed by atoms with Crippen LogP contribution in [0.5, 0.6) is 0 Å². The Kier molecular flexibility index (Phi) is 5.75. The minimum absolute atomic E-state index is 0.0456. The number of carbonyl (C=O) groups excluding carboxylic acids is 1. The Morgan fingerprint density at radius 1 is 1.06 bits per heavy atom. The number of nitrogens with one attached hydrogen (secondary N) is 1. The third kappa shape index (κ3) is 4.46. The smallest absolute Gasteiger partial charge is 0.268 e. The second-order valence-corrected chi connectivity index (χ2v) is 12.7. The molecular weight excluding hydrogens is 420 g/mol. The molecule has 5 rings (SSSR count). The number of rotatable bonds is 7. The van der Waals surface area contributed by atoms with Gasteiger partial charge >= 0.3 is 0 Å². The lowest BCUT2D eigenvalue weighted by Gasteiger charge is -2.27. The van der Waals surface area contributed by atoms with Gasteiger partial charge in [-0.05, 0) is 105 Å². The van der Waals surface area contributed by atoms with Crippen molar-refractivity contribution in [1.82, 2.24) is 9.88 Å². The van der Waals surface area contributed by atoms with Crippen molar-refractivity contribution >= 4 is 5.91 Å². The summed E-state index contributed by atoms with van der Waals surface area (Å²) in [6.07, 6.45) is 11.8. The largest absolute Gasteiger partial charge is 0.386 e. The van der Waals surface area contributed by atoms with E-state index in [2.05, 4.69) is 55.0 Å². The third-order valence-corrected chi connectivity index (χ3v) is 9.08. The third-order valence-electron chi connectivity index (χ3n) is 9.08. The molecule has 3 aliphatic carbocycles.